The summed E-state index contributed by atoms with van der Waals surface area (Å²) in [5.74, 6) is -1.89. The molecule has 3 aromatic rings. The van der Waals surface area contributed by atoms with E-state index in [0.717, 1.165) is 17.2 Å². The van der Waals surface area contributed by atoms with Crippen LogP contribution in [0.25, 0.3) is 11.1 Å². The highest BCUT2D eigenvalue weighted by molar-refractivity contribution is 5.95. The molecule has 4 N–H and O–H groups in total. The number of nitrogens with one attached hydrogen (secondary N) is 1. The predicted molar refractivity (Wildman–Crippen MR) is 103 cm³/mol. The number of hydrogen-bond donors (Lipinski definition) is 3. The van der Waals surface area contributed by atoms with E-state index in [4.69, 9.17) is 5.73 Å². The van der Waals surface area contributed by atoms with Gasteiger partial charge in [-0.05, 0) is 47.0 Å². The van der Waals surface area contributed by atoms with Crippen LogP contribution < -0.4 is 11.1 Å². The van der Waals surface area contributed by atoms with Gasteiger partial charge in [0.1, 0.15) is 11.6 Å². The first-order chi connectivity index (χ1) is 13.4. The van der Waals surface area contributed by atoms with Crippen LogP contribution in [0.5, 0.6) is 0 Å². The summed E-state index contributed by atoms with van der Waals surface area (Å²) in [7, 11) is 0. The largest absolute Gasteiger partial charge is 0.399 e. The summed E-state index contributed by atoms with van der Waals surface area (Å²) in [6, 6.07) is 14.5. The fraction of sp³-hybridized carbons (Fsp3) is 0.136. The zero-order chi connectivity index (χ0) is 19.8. The van der Waals surface area contributed by atoms with Gasteiger partial charge in [0.2, 0.25) is 0 Å². The van der Waals surface area contributed by atoms with Crippen molar-refractivity contribution in [3.05, 3.63) is 89.0 Å². The molecule has 4 nitrogen and oxygen atoms in total. The smallest absolute Gasteiger partial charge is 0.254 e. The van der Waals surface area contributed by atoms with E-state index in [9.17, 15) is 18.7 Å². The molecular weight excluding hydrogens is 362 g/mol. The van der Waals surface area contributed by atoms with Gasteiger partial charge in [0, 0.05) is 17.7 Å². The lowest BCUT2D eigenvalue weighted by atomic mass is 10.0. The lowest BCUT2D eigenvalue weighted by Crippen LogP contribution is -2.34. The maximum absolute atomic E-state index is 14.6. The highest BCUT2D eigenvalue weighted by Crippen LogP contribution is 2.33. The van der Waals surface area contributed by atoms with Crippen molar-refractivity contribution in [3.63, 3.8) is 0 Å². The maximum atomic E-state index is 14.6. The van der Waals surface area contributed by atoms with Crippen molar-refractivity contribution >= 4 is 11.6 Å². The van der Waals surface area contributed by atoms with E-state index in [1.165, 1.54) is 18.2 Å². The lowest BCUT2D eigenvalue weighted by molar-refractivity contribution is 0.0854. The average Bonchev–Trinajstić information content (AvgIpc) is 2.97. The molecular formula is C22H18F2N2O2. The molecule has 0 aliphatic heterocycles. The normalized spacial score (nSPS) is 18.0. The highest BCUT2D eigenvalue weighted by Gasteiger charge is 2.33. The minimum absolute atomic E-state index is 0.176. The van der Waals surface area contributed by atoms with Crippen LogP contribution >= 0.6 is 0 Å². The first kappa shape index (κ1) is 18.1. The molecule has 1 amide bonds. The first-order valence-electron chi connectivity index (χ1n) is 8.85. The van der Waals surface area contributed by atoms with Crippen molar-refractivity contribution in [1.29, 1.82) is 0 Å². The third-order valence-electron chi connectivity index (χ3n) is 5.00. The van der Waals surface area contributed by atoms with Crippen molar-refractivity contribution < 1.29 is 18.7 Å². The zero-order valence-corrected chi connectivity index (χ0v) is 14.8. The van der Waals surface area contributed by atoms with Gasteiger partial charge in [-0.2, -0.15) is 0 Å². The van der Waals surface area contributed by atoms with Gasteiger partial charge in [-0.15, -0.1) is 0 Å². The number of amides is 1. The molecule has 0 radical (unpaired) electrons. The first-order valence-corrected chi connectivity index (χ1v) is 8.85. The van der Waals surface area contributed by atoms with Crippen LogP contribution in [0, 0.1) is 11.6 Å². The van der Waals surface area contributed by atoms with E-state index in [1.807, 2.05) is 6.07 Å². The van der Waals surface area contributed by atoms with Crippen molar-refractivity contribution in [1.82, 2.24) is 5.32 Å². The topological polar surface area (TPSA) is 75.3 Å². The molecule has 0 fully saturated rings. The predicted octanol–water partition coefficient (Wildman–Crippen LogP) is 3.60. The fourth-order valence-corrected chi connectivity index (χ4v) is 3.59. The monoisotopic (exact) mass is 380 g/mol. The number of benzene rings is 3. The molecule has 0 heterocycles. The van der Waals surface area contributed by atoms with Crippen LogP contribution in [0.15, 0.2) is 60.7 Å². The number of aliphatic hydroxyl groups excluding tert-OH is 1. The SMILES string of the molecule is Nc1ccc2c(c1)[C@@H](NC(=O)c1ccc(-c3ccccc3F)cc1F)[C@H](O)C2. The second kappa shape index (κ2) is 7.05. The van der Waals surface area contributed by atoms with Crippen molar-refractivity contribution in [3.8, 4) is 11.1 Å². The standard InChI is InChI=1S/C22H18F2N2O2/c23-18-4-2-1-3-15(18)12-6-8-16(19(24)9-12)22(28)26-21-17-11-14(25)7-5-13(17)10-20(21)27/h1-9,11,20-21,27H,10,25H2,(H,26,28)/t20-,21-/m1/s1. The average molecular weight is 380 g/mol. The molecule has 2 atom stereocenters. The van der Waals surface area contributed by atoms with Gasteiger partial charge < -0.3 is 16.2 Å². The number of nitrogens with two attached hydrogens (primary N) is 1. The van der Waals surface area contributed by atoms with E-state index in [-0.39, 0.29) is 11.1 Å². The summed E-state index contributed by atoms with van der Waals surface area (Å²) >= 11 is 0. The summed E-state index contributed by atoms with van der Waals surface area (Å²) in [6.07, 6.45) is -0.434. The fourth-order valence-electron chi connectivity index (χ4n) is 3.59. The molecule has 4 rings (SSSR count). The van der Waals surface area contributed by atoms with E-state index >= 15 is 0 Å². The second-order valence-corrected chi connectivity index (χ2v) is 6.86. The summed E-state index contributed by atoms with van der Waals surface area (Å²) < 4.78 is 28.5. The van der Waals surface area contributed by atoms with Gasteiger partial charge in [0.15, 0.2) is 0 Å². The molecule has 142 valence electrons. The molecule has 1 aliphatic rings. The molecule has 28 heavy (non-hydrogen) atoms. The molecule has 0 saturated carbocycles. The number of rotatable bonds is 3. The van der Waals surface area contributed by atoms with Gasteiger partial charge in [0.05, 0.1) is 17.7 Å². The Morgan fingerprint density at radius 1 is 1.04 bits per heavy atom. The number of carbonyl (C=O) groups is 1. The second-order valence-electron chi connectivity index (χ2n) is 6.86. The Kier molecular flexibility index (Phi) is 4.57. The Morgan fingerprint density at radius 2 is 1.82 bits per heavy atom. The molecule has 1 aliphatic carbocycles. The maximum Gasteiger partial charge on any atom is 0.254 e. The van der Waals surface area contributed by atoms with Gasteiger partial charge in [-0.1, -0.05) is 30.3 Å². The number of fused-ring (bicyclic) bond motifs is 1. The molecule has 3 aromatic carbocycles. The van der Waals surface area contributed by atoms with Gasteiger partial charge >= 0.3 is 0 Å². The third kappa shape index (κ3) is 3.23. The Bertz CT molecular complexity index is 1070. The Hall–Kier alpha value is -3.25. The summed E-state index contributed by atoms with van der Waals surface area (Å²) in [6.45, 7) is 0. The number of anilines is 1. The van der Waals surface area contributed by atoms with Crippen LogP contribution in [-0.2, 0) is 6.42 Å². The minimum Gasteiger partial charge on any atom is -0.399 e. The molecule has 0 aromatic heterocycles. The zero-order valence-electron chi connectivity index (χ0n) is 14.8. The van der Waals surface area contributed by atoms with E-state index in [0.29, 0.717) is 17.7 Å². The Morgan fingerprint density at radius 3 is 2.57 bits per heavy atom. The van der Waals surface area contributed by atoms with Crippen LogP contribution in [0.4, 0.5) is 14.5 Å². The van der Waals surface area contributed by atoms with Gasteiger partial charge in [-0.25, -0.2) is 8.78 Å². The molecule has 0 unspecified atom stereocenters. The number of aliphatic hydroxyl groups is 1. The number of carbonyl (C=O) groups excluding carboxylic acids is 1. The summed E-state index contributed by atoms with van der Waals surface area (Å²) in [4.78, 5) is 12.6. The lowest BCUT2D eigenvalue weighted by Gasteiger charge is -2.18. The summed E-state index contributed by atoms with van der Waals surface area (Å²) in [5.41, 5.74) is 8.36. The number of nitrogen functional groups attached to an aromatic ring is 1. The van der Waals surface area contributed by atoms with Crippen LogP contribution in [0.1, 0.15) is 27.5 Å². The third-order valence-corrected chi connectivity index (χ3v) is 5.00. The van der Waals surface area contributed by atoms with Gasteiger partial charge in [-0.3, -0.25) is 4.79 Å². The van der Waals surface area contributed by atoms with Crippen molar-refractivity contribution in [2.45, 2.75) is 18.6 Å². The van der Waals surface area contributed by atoms with Crippen molar-refractivity contribution in [2.24, 2.45) is 0 Å². The number of halogens is 2. The van der Waals surface area contributed by atoms with Crippen LogP contribution in [-0.4, -0.2) is 17.1 Å². The Balaban J connectivity index is 1.60. The van der Waals surface area contributed by atoms with Crippen LogP contribution in [0.2, 0.25) is 0 Å². The molecule has 0 saturated heterocycles. The van der Waals surface area contributed by atoms with E-state index in [1.54, 1.807) is 30.3 Å². The quantitative estimate of drug-likeness (QED) is 0.608. The Labute approximate surface area is 160 Å². The summed E-state index contributed by atoms with van der Waals surface area (Å²) in [5, 5.41) is 13.0. The molecule has 0 bridgehead atoms. The number of hydrogen-bond acceptors (Lipinski definition) is 3. The van der Waals surface area contributed by atoms with Crippen molar-refractivity contribution in [2.75, 3.05) is 5.73 Å². The minimum atomic E-state index is -0.818. The van der Waals surface area contributed by atoms with Crippen LogP contribution in [0.3, 0.4) is 0 Å². The van der Waals surface area contributed by atoms with E-state index in [2.05, 4.69) is 5.32 Å². The van der Waals surface area contributed by atoms with Gasteiger partial charge in [0.25, 0.3) is 5.91 Å². The molecule has 6 heteroatoms. The molecule has 0 spiro atoms. The highest BCUT2D eigenvalue weighted by atomic mass is 19.1. The van der Waals surface area contributed by atoms with E-state index < -0.39 is 29.7 Å².